The van der Waals surface area contributed by atoms with Crippen LogP contribution < -0.4 is 4.74 Å². The lowest BCUT2D eigenvalue weighted by molar-refractivity contribution is -0.130. The van der Waals surface area contributed by atoms with Crippen molar-refractivity contribution in [2.45, 2.75) is 26.2 Å². The number of amides is 1. The molecule has 1 unspecified atom stereocenters. The summed E-state index contributed by atoms with van der Waals surface area (Å²) in [5.74, 6) is 1.81. The zero-order valence-electron chi connectivity index (χ0n) is 11.0. The molecule has 1 atom stereocenters. The summed E-state index contributed by atoms with van der Waals surface area (Å²) in [6, 6.07) is 9.73. The highest BCUT2D eigenvalue weighted by atomic mass is 16.5. The Morgan fingerprint density at radius 2 is 2.17 bits per heavy atom. The molecule has 1 fully saturated rings. The molecule has 1 aromatic carbocycles. The van der Waals surface area contributed by atoms with Crippen molar-refractivity contribution < 1.29 is 9.53 Å². The molecule has 0 saturated carbocycles. The van der Waals surface area contributed by atoms with E-state index >= 15 is 0 Å². The van der Waals surface area contributed by atoms with Gasteiger partial charge in [-0.3, -0.25) is 4.79 Å². The Labute approximate surface area is 109 Å². The summed E-state index contributed by atoms with van der Waals surface area (Å²) < 4.78 is 5.57. The number of likely N-dealkylation sites (tertiary alicyclic amines) is 1. The molecule has 1 aromatic rings. The number of benzene rings is 1. The van der Waals surface area contributed by atoms with E-state index in [0.29, 0.717) is 18.9 Å². The van der Waals surface area contributed by atoms with Crippen LogP contribution in [0, 0.1) is 5.92 Å². The lowest BCUT2D eigenvalue weighted by atomic mass is 10.2. The second kappa shape index (κ2) is 6.43. The molecule has 18 heavy (non-hydrogen) atoms. The molecule has 1 saturated heterocycles. The molecule has 0 spiro atoms. The standard InChI is InChI=1S/C15H21NO2/c1-13-9-10-16(12-13)15(17)8-5-11-18-14-6-3-2-4-7-14/h2-4,6-7,13H,5,8-12H2,1H3. The highest BCUT2D eigenvalue weighted by Crippen LogP contribution is 2.16. The minimum atomic E-state index is 0.274. The summed E-state index contributed by atoms with van der Waals surface area (Å²) >= 11 is 0. The van der Waals surface area contributed by atoms with Crippen molar-refractivity contribution in [1.82, 2.24) is 4.90 Å². The molecule has 1 heterocycles. The largest absolute Gasteiger partial charge is 0.494 e. The first-order valence-corrected chi connectivity index (χ1v) is 6.71. The van der Waals surface area contributed by atoms with Gasteiger partial charge in [-0.2, -0.15) is 0 Å². The minimum absolute atomic E-state index is 0.274. The van der Waals surface area contributed by atoms with Crippen LogP contribution in [0.15, 0.2) is 30.3 Å². The number of hydrogen-bond acceptors (Lipinski definition) is 2. The molecule has 1 aliphatic rings. The Hall–Kier alpha value is -1.51. The summed E-state index contributed by atoms with van der Waals surface area (Å²) in [5, 5.41) is 0. The zero-order valence-corrected chi connectivity index (χ0v) is 11.0. The number of rotatable bonds is 5. The first-order valence-electron chi connectivity index (χ1n) is 6.71. The van der Waals surface area contributed by atoms with Gasteiger partial charge in [0.2, 0.25) is 5.91 Å². The van der Waals surface area contributed by atoms with Crippen LogP contribution in [-0.2, 0) is 4.79 Å². The number of carbonyl (C=O) groups excluding carboxylic acids is 1. The number of carbonyl (C=O) groups is 1. The molecule has 0 N–H and O–H groups in total. The molecule has 3 nitrogen and oxygen atoms in total. The van der Waals surface area contributed by atoms with Gasteiger partial charge in [-0.25, -0.2) is 0 Å². The van der Waals surface area contributed by atoms with Crippen LogP contribution in [0.2, 0.25) is 0 Å². The van der Waals surface area contributed by atoms with Gasteiger partial charge in [0.1, 0.15) is 5.75 Å². The van der Waals surface area contributed by atoms with E-state index in [0.717, 1.165) is 31.7 Å². The molecule has 0 aromatic heterocycles. The third-order valence-electron chi connectivity index (χ3n) is 3.32. The molecule has 3 heteroatoms. The van der Waals surface area contributed by atoms with Crippen LogP contribution in [0.5, 0.6) is 5.75 Å². The van der Waals surface area contributed by atoms with Gasteiger partial charge in [-0.1, -0.05) is 25.1 Å². The van der Waals surface area contributed by atoms with E-state index < -0.39 is 0 Å². The summed E-state index contributed by atoms with van der Waals surface area (Å²) in [5.41, 5.74) is 0. The normalized spacial score (nSPS) is 18.9. The van der Waals surface area contributed by atoms with Crippen molar-refractivity contribution in [3.8, 4) is 5.75 Å². The van der Waals surface area contributed by atoms with Gasteiger partial charge >= 0.3 is 0 Å². The van der Waals surface area contributed by atoms with Gasteiger partial charge in [-0.05, 0) is 30.9 Å². The lowest BCUT2D eigenvalue weighted by Crippen LogP contribution is -2.28. The molecule has 0 aliphatic carbocycles. The number of para-hydroxylation sites is 1. The predicted molar refractivity (Wildman–Crippen MR) is 71.5 cm³/mol. The summed E-state index contributed by atoms with van der Waals surface area (Å²) in [7, 11) is 0. The van der Waals surface area contributed by atoms with Crippen molar-refractivity contribution in [1.29, 1.82) is 0 Å². The van der Waals surface area contributed by atoms with Crippen LogP contribution >= 0.6 is 0 Å². The molecular formula is C15H21NO2. The molecule has 1 aliphatic heterocycles. The molecule has 98 valence electrons. The first kappa shape index (κ1) is 12.9. The fraction of sp³-hybridized carbons (Fsp3) is 0.533. The van der Waals surface area contributed by atoms with Crippen LogP contribution in [0.3, 0.4) is 0 Å². The lowest BCUT2D eigenvalue weighted by Gasteiger charge is -2.15. The van der Waals surface area contributed by atoms with Gasteiger partial charge in [-0.15, -0.1) is 0 Å². The number of hydrogen-bond donors (Lipinski definition) is 0. The van der Waals surface area contributed by atoms with Crippen LogP contribution in [0.25, 0.3) is 0 Å². The third kappa shape index (κ3) is 3.76. The Morgan fingerprint density at radius 1 is 1.39 bits per heavy atom. The Balaban J connectivity index is 1.62. The van der Waals surface area contributed by atoms with E-state index in [1.165, 1.54) is 0 Å². The van der Waals surface area contributed by atoms with Crippen molar-refractivity contribution in [2.75, 3.05) is 19.7 Å². The van der Waals surface area contributed by atoms with E-state index in [1.54, 1.807) is 0 Å². The van der Waals surface area contributed by atoms with E-state index in [9.17, 15) is 4.79 Å². The van der Waals surface area contributed by atoms with Crippen LogP contribution in [-0.4, -0.2) is 30.5 Å². The summed E-state index contributed by atoms with van der Waals surface area (Å²) in [6.07, 6.45) is 2.53. The Bertz CT molecular complexity index is 377. The maximum absolute atomic E-state index is 11.9. The second-order valence-corrected chi connectivity index (χ2v) is 5.00. The average molecular weight is 247 g/mol. The Morgan fingerprint density at radius 3 is 2.83 bits per heavy atom. The smallest absolute Gasteiger partial charge is 0.222 e. The quantitative estimate of drug-likeness (QED) is 0.749. The SMILES string of the molecule is CC1CCN(C(=O)CCCOc2ccccc2)C1. The number of ether oxygens (including phenoxy) is 1. The van der Waals surface area contributed by atoms with E-state index in [2.05, 4.69) is 6.92 Å². The fourth-order valence-corrected chi connectivity index (χ4v) is 2.25. The summed E-state index contributed by atoms with van der Waals surface area (Å²) in [4.78, 5) is 13.9. The van der Waals surface area contributed by atoms with E-state index in [1.807, 2.05) is 35.2 Å². The third-order valence-corrected chi connectivity index (χ3v) is 3.32. The second-order valence-electron chi connectivity index (χ2n) is 5.00. The van der Waals surface area contributed by atoms with Gasteiger partial charge in [0.05, 0.1) is 6.61 Å². The predicted octanol–water partition coefficient (Wildman–Crippen LogP) is 2.71. The van der Waals surface area contributed by atoms with Crippen LogP contribution in [0.1, 0.15) is 26.2 Å². The van der Waals surface area contributed by atoms with E-state index in [4.69, 9.17) is 4.74 Å². The van der Waals surface area contributed by atoms with Gasteiger partial charge in [0, 0.05) is 19.5 Å². The van der Waals surface area contributed by atoms with Crippen molar-refractivity contribution in [3.05, 3.63) is 30.3 Å². The topological polar surface area (TPSA) is 29.5 Å². The maximum atomic E-state index is 11.9. The maximum Gasteiger partial charge on any atom is 0.222 e. The van der Waals surface area contributed by atoms with Gasteiger partial charge in [0.15, 0.2) is 0 Å². The van der Waals surface area contributed by atoms with Crippen molar-refractivity contribution in [3.63, 3.8) is 0 Å². The molecular weight excluding hydrogens is 226 g/mol. The summed E-state index contributed by atoms with van der Waals surface area (Å²) in [6.45, 7) is 4.67. The highest BCUT2D eigenvalue weighted by molar-refractivity contribution is 5.76. The number of nitrogens with zero attached hydrogens (tertiary/aromatic N) is 1. The first-order chi connectivity index (χ1) is 8.75. The molecule has 2 rings (SSSR count). The zero-order chi connectivity index (χ0) is 12.8. The van der Waals surface area contributed by atoms with Crippen molar-refractivity contribution in [2.24, 2.45) is 5.92 Å². The monoisotopic (exact) mass is 247 g/mol. The fourth-order valence-electron chi connectivity index (χ4n) is 2.25. The average Bonchev–Trinajstić information content (AvgIpc) is 2.82. The van der Waals surface area contributed by atoms with Gasteiger partial charge < -0.3 is 9.64 Å². The highest BCUT2D eigenvalue weighted by Gasteiger charge is 2.22. The Kier molecular flexibility index (Phi) is 4.62. The molecule has 1 amide bonds. The molecule has 0 bridgehead atoms. The van der Waals surface area contributed by atoms with Gasteiger partial charge in [0.25, 0.3) is 0 Å². The van der Waals surface area contributed by atoms with Crippen molar-refractivity contribution >= 4 is 5.91 Å². The minimum Gasteiger partial charge on any atom is -0.494 e. The molecule has 0 radical (unpaired) electrons. The van der Waals surface area contributed by atoms with Crippen LogP contribution in [0.4, 0.5) is 0 Å². The van der Waals surface area contributed by atoms with E-state index in [-0.39, 0.29) is 5.91 Å².